The van der Waals surface area contributed by atoms with E-state index < -0.39 is 17.8 Å². The number of nitrogens with zero attached hydrogens (tertiary/aromatic N) is 1. The number of hydrogen-bond acceptors (Lipinski definition) is 2. The Balaban J connectivity index is 1.88. The highest BCUT2D eigenvalue weighted by atomic mass is 19.1. The standard InChI is InChI=1S/C16H20F2N2O/c1-9(7-11-3-4-11)20-15(19-10(2)16(20)21)13-6-5-12(17)8-14(13)18/h5-6,8-11,15,19H,3-4,7H2,1-2H3. The Morgan fingerprint density at radius 2 is 2.10 bits per heavy atom. The summed E-state index contributed by atoms with van der Waals surface area (Å²) in [5.41, 5.74) is 0.330. The average molecular weight is 294 g/mol. The Bertz CT molecular complexity index is 559. The average Bonchev–Trinajstić information content (AvgIpc) is 3.16. The second-order valence-electron chi connectivity index (χ2n) is 6.23. The van der Waals surface area contributed by atoms with Gasteiger partial charge >= 0.3 is 0 Å². The highest BCUT2D eigenvalue weighted by Crippen LogP contribution is 2.37. The molecule has 1 aromatic rings. The normalized spacial score (nSPS) is 27.2. The Hall–Kier alpha value is -1.49. The topological polar surface area (TPSA) is 32.3 Å². The van der Waals surface area contributed by atoms with E-state index in [1.807, 2.05) is 6.92 Å². The van der Waals surface area contributed by atoms with E-state index in [0.717, 1.165) is 12.5 Å². The maximum Gasteiger partial charge on any atom is 0.241 e. The van der Waals surface area contributed by atoms with Crippen molar-refractivity contribution < 1.29 is 13.6 Å². The van der Waals surface area contributed by atoms with Crippen LogP contribution in [0.2, 0.25) is 0 Å². The van der Waals surface area contributed by atoms with Crippen molar-refractivity contribution in [2.24, 2.45) is 5.92 Å². The predicted molar refractivity (Wildman–Crippen MR) is 75.3 cm³/mol. The van der Waals surface area contributed by atoms with Gasteiger partial charge in [-0.05, 0) is 38.3 Å². The number of benzene rings is 1. The summed E-state index contributed by atoms with van der Waals surface area (Å²) < 4.78 is 27.1. The summed E-state index contributed by atoms with van der Waals surface area (Å²) in [6.45, 7) is 3.78. The lowest BCUT2D eigenvalue weighted by molar-refractivity contribution is -0.132. The Morgan fingerprint density at radius 3 is 2.71 bits per heavy atom. The van der Waals surface area contributed by atoms with Gasteiger partial charge in [0.25, 0.3) is 0 Å². The molecule has 3 rings (SSSR count). The van der Waals surface area contributed by atoms with Crippen molar-refractivity contribution in [3.05, 3.63) is 35.4 Å². The first-order chi connectivity index (χ1) is 9.97. The molecule has 0 aromatic heterocycles. The van der Waals surface area contributed by atoms with Crippen LogP contribution < -0.4 is 5.32 Å². The lowest BCUT2D eigenvalue weighted by atomic mass is 10.1. The van der Waals surface area contributed by atoms with Crippen LogP contribution in [0.25, 0.3) is 0 Å². The molecule has 1 saturated heterocycles. The highest BCUT2D eigenvalue weighted by Gasteiger charge is 2.42. The number of amides is 1. The lowest BCUT2D eigenvalue weighted by Crippen LogP contribution is -2.39. The fourth-order valence-corrected chi connectivity index (χ4v) is 3.12. The van der Waals surface area contributed by atoms with Gasteiger partial charge in [-0.3, -0.25) is 10.1 Å². The number of halogens is 2. The molecule has 3 nitrogen and oxygen atoms in total. The second-order valence-corrected chi connectivity index (χ2v) is 6.23. The SMILES string of the molecule is CC1NC(c2ccc(F)cc2F)N(C(C)CC2CC2)C1=O. The number of nitrogens with one attached hydrogen (secondary N) is 1. The number of carbonyl (C=O) groups excluding carboxylic acids is 1. The van der Waals surface area contributed by atoms with Crippen LogP contribution in [0.1, 0.15) is 44.8 Å². The monoisotopic (exact) mass is 294 g/mol. The van der Waals surface area contributed by atoms with E-state index in [9.17, 15) is 13.6 Å². The molecule has 5 heteroatoms. The zero-order valence-corrected chi connectivity index (χ0v) is 12.3. The van der Waals surface area contributed by atoms with Crippen molar-refractivity contribution in [3.63, 3.8) is 0 Å². The molecule has 1 heterocycles. The van der Waals surface area contributed by atoms with Gasteiger partial charge in [0.2, 0.25) is 5.91 Å². The predicted octanol–water partition coefficient (Wildman–Crippen LogP) is 2.97. The van der Waals surface area contributed by atoms with Crippen molar-refractivity contribution in [2.45, 2.75) is 51.4 Å². The minimum Gasteiger partial charge on any atom is -0.319 e. The van der Waals surface area contributed by atoms with Crippen LogP contribution >= 0.6 is 0 Å². The van der Waals surface area contributed by atoms with E-state index in [4.69, 9.17) is 0 Å². The van der Waals surface area contributed by atoms with E-state index in [1.165, 1.54) is 25.0 Å². The van der Waals surface area contributed by atoms with E-state index in [2.05, 4.69) is 5.32 Å². The lowest BCUT2D eigenvalue weighted by Gasteiger charge is -2.31. The molecule has 21 heavy (non-hydrogen) atoms. The maximum absolute atomic E-state index is 14.1. The first kappa shape index (κ1) is 14.4. The minimum atomic E-state index is -0.613. The second kappa shape index (κ2) is 5.37. The molecule has 2 fully saturated rings. The maximum atomic E-state index is 14.1. The quantitative estimate of drug-likeness (QED) is 0.926. The van der Waals surface area contributed by atoms with Crippen LogP contribution in [-0.4, -0.2) is 22.9 Å². The van der Waals surface area contributed by atoms with Crippen LogP contribution in [0.3, 0.4) is 0 Å². The van der Waals surface area contributed by atoms with Gasteiger partial charge in [0.05, 0.1) is 6.04 Å². The van der Waals surface area contributed by atoms with E-state index in [1.54, 1.807) is 11.8 Å². The molecule has 1 aliphatic carbocycles. The zero-order valence-electron chi connectivity index (χ0n) is 12.3. The molecular weight excluding hydrogens is 274 g/mol. The molecule has 3 unspecified atom stereocenters. The first-order valence-corrected chi connectivity index (χ1v) is 7.50. The molecule has 0 spiro atoms. The molecule has 2 aliphatic rings. The van der Waals surface area contributed by atoms with Gasteiger partial charge in [-0.25, -0.2) is 8.78 Å². The van der Waals surface area contributed by atoms with E-state index in [0.29, 0.717) is 11.5 Å². The number of carbonyl (C=O) groups is 1. The fraction of sp³-hybridized carbons (Fsp3) is 0.562. The van der Waals surface area contributed by atoms with Gasteiger partial charge in [0.1, 0.15) is 17.8 Å². The molecule has 1 N–H and O–H groups in total. The van der Waals surface area contributed by atoms with Crippen molar-refractivity contribution in [2.75, 3.05) is 0 Å². The van der Waals surface area contributed by atoms with Crippen LogP contribution in [0.5, 0.6) is 0 Å². The smallest absolute Gasteiger partial charge is 0.241 e. The van der Waals surface area contributed by atoms with Gasteiger partial charge in [0.15, 0.2) is 0 Å². The van der Waals surface area contributed by atoms with Crippen LogP contribution in [0, 0.1) is 17.6 Å². The summed E-state index contributed by atoms with van der Waals surface area (Å²) in [6.07, 6.45) is 2.86. The molecule has 0 bridgehead atoms. The van der Waals surface area contributed by atoms with Crippen molar-refractivity contribution in [3.8, 4) is 0 Å². The first-order valence-electron chi connectivity index (χ1n) is 7.50. The molecule has 114 valence electrons. The van der Waals surface area contributed by atoms with Crippen molar-refractivity contribution in [1.82, 2.24) is 10.2 Å². The van der Waals surface area contributed by atoms with Crippen molar-refractivity contribution >= 4 is 5.91 Å². The summed E-state index contributed by atoms with van der Waals surface area (Å²) >= 11 is 0. The van der Waals surface area contributed by atoms with E-state index in [-0.39, 0.29) is 18.0 Å². The van der Waals surface area contributed by atoms with Crippen LogP contribution in [0.4, 0.5) is 8.78 Å². The van der Waals surface area contributed by atoms with Gasteiger partial charge in [-0.15, -0.1) is 0 Å². The fourth-order valence-electron chi connectivity index (χ4n) is 3.12. The van der Waals surface area contributed by atoms with Gasteiger partial charge in [-0.1, -0.05) is 12.8 Å². The third-order valence-corrected chi connectivity index (χ3v) is 4.41. The zero-order chi connectivity index (χ0) is 15.1. The Morgan fingerprint density at radius 1 is 1.38 bits per heavy atom. The summed E-state index contributed by atoms with van der Waals surface area (Å²) in [4.78, 5) is 14.1. The summed E-state index contributed by atoms with van der Waals surface area (Å²) in [6, 6.07) is 3.23. The third kappa shape index (κ3) is 2.79. The molecule has 1 aromatic carbocycles. The number of hydrogen-bond donors (Lipinski definition) is 1. The number of rotatable bonds is 4. The molecule has 1 amide bonds. The van der Waals surface area contributed by atoms with Crippen molar-refractivity contribution in [1.29, 1.82) is 0 Å². The summed E-state index contributed by atoms with van der Waals surface area (Å²) in [5, 5.41) is 3.12. The third-order valence-electron chi connectivity index (χ3n) is 4.41. The summed E-state index contributed by atoms with van der Waals surface area (Å²) in [7, 11) is 0. The largest absolute Gasteiger partial charge is 0.319 e. The Kier molecular flexibility index (Phi) is 3.69. The highest BCUT2D eigenvalue weighted by molar-refractivity contribution is 5.84. The molecular formula is C16H20F2N2O. The van der Waals surface area contributed by atoms with E-state index >= 15 is 0 Å². The molecule has 1 aliphatic heterocycles. The Labute approximate surface area is 123 Å². The van der Waals surface area contributed by atoms with Gasteiger partial charge in [0, 0.05) is 17.7 Å². The van der Waals surface area contributed by atoms with Crippen LogP contribution in [0.15, 0.2) is 18.2 Å². The molecule has 1 saturated carbocycles. The van der Waals surface area contributed by atoms with Gasteiger partial charge < -0.3 is 4.90 Å². The van der Waals surface area contributed by atoms with Gasteiger partial charge in [-0.2, -0.15) is 0 Å². The molecule has 0 radical (unpaired) electrons. The minimum absolute atomic E-state index is 0.0168. The van der Waals surface area contributed by atoms with Crippen LogP contribution in [-0.2, 0) is 4.79 Å². The molecule has 3 atom stereocenters. The summed E-state index contributed by atoms with van der Waals surface area (Å²) in [5.74, 6) is -0.552.